The Bertz CT molecular complexity index is 993. The van der Waals surface area contributed by atoms with Gasteiger partial charge in [-0.25, -0.2) is 0 Å². The van der Waals surface area contributed by atoms with Crippen LogP contribution < -0.4 is 10.3 Å². The Morgan fingerprint density at radius 3 is 2.65 bits per heavy atom. The van der Waals surface area contributed by atoms with Gasteiger partial charge in [0, 0.05) is 42.3 Å². The zero-order chi connectivity index (χ0) is 18.1. The molecule has 0 saturated carbocycles. The number of rotatable bonds is 3. The highest BCUT2D eigenvalue weighted by Crippen LogP contribution is 2.25. The van der Waals surface area contributed by atoms with Gasteiger partial charge in [0.15, 0.2) is 0 Å². The van der Waals surface area contributed by atoms with Crippen molar-refractivity contribution in [2.45, 2.75) is 13.6 Å². The van der Waals surface area contributed by atoms with Crippen LogP contribution in [0.1, 0.15) is 5.56 Å². The van der Waals surface area contributed by atoms with E-state index in [1.165, 1.54) is 17.4 Å². The van der Waals surface area contributed by atoms with E-state index in [-0.39, 0.29) is 5.43 Å². The first-order valence-corrected chi connectivity index (χ1v) is 9.18. The third-order valence-corrected chi connectivity index (χ3v) is 5.22. The first-order chi connectivity index (χ1) is 12.6. The fraction of sp³-hybridized carbons (Fsp3) is 0.300. The summed E-state index contributed by atoms with van der Waals surface area (Å²) in [6.45, 7) is 6.57. The molecule has 1 aromatic heterocycles. The largest absolute Gasteiger partial charge is 0.369 e. The highest BCUT2D eigenvalue weighted by molar-refractivity contribution is 6.30. The molecule has 1 fully saturated rings. The third kappa shape index (κ3) is 3.32. The molecule has 6 heteroatoms. The number of para-hydroxylation sites is 1. The Labute approximate surface area is 157 Å². The van der Waals surface area contributed by atoms with E-state index in [2.05, 4.69) is 27.9 Å². The number of hydrogen-bond donors (Lipinski definition) is 0. The van der Waals surface area contributed by atoms with Gasteiger partial charge in [0.25, 0.3) is 0 Å². The molecule has 0 spiro atoms. The lowest BCUT2D eigenvalue weighted by molar-refractivity contribution is 0.198. The summed E-state index contributed by atoms with van der Waals surface area (Å²) in [4.78, 5) is 16.7. The number of hydrogen-bond acceptors (Lipinski definition) is 4. The molecule has 0 unspecified atom stereocenters. The van der Waals surface area contributed by atoms with E-state index in [1.54, 1.807) is 0 Å². The van der Waals surface area contributed by atoms with Gasteiger partial charge in [-0.2, -0.15) is 5.10 Å². The second kappa shape index (κ2) is 7.09. The Kier molecular flexibility index (Phi) is 4.66. The van der Waals surface area contributed by atoms with Crippen molar-refractivity contribution in [2.24, 2.45) is 0 Å². The van der Waals surface area contributed by atoms with Crippen LogP contribution in [0.2, 0.25) is 5.02 Å². The highest BCUT2D eigenvalue weighted by atomic mass is 35.5. The number of benzene rings is 2. The standard InChI is InChI=1S/C20H21ClN4O/c1-15-6-7-16(21)12-19(15)24-10-8-23(9-11-24)14-25-18-5-3-2-4-17(18)20(26)13-22-25/h2-7,12-13H,8-11,14H2,1H3. The predicted octanol–water partition coefficient (Wildman–Crippen LogP) is 3.14. The first-order valence-electron chi connectivity index (χ1n) is 8.80. The molecule has 3 aromatic rings. The van der Waals surface area contributed by atoms with E-state index in [0.717, 1.165) is 42.1 Å². The zero-order valence-electron chi connectivity index (χ0n) is 14.7. The summed E-state index contributed by atoms with van der Waals surface area (Å²) in [5.74, 6) is 0. The van der Waals surface area contributed by atoms with Crippen molar-refractivity contribution < 1.29 is 0 Å². The summed E-state index contributed by atoms with van der Waals surface area (Å²) in [6, 6.07) is 13.7. The maximum absolute atomic E-state index is 12.0. The maximum atomic E-state index is 12.0. The molecule has 1 saturated heterocycles. The van der Waals surface area contributed by atoms with E-state index in [4.69, 9.17) is 11.6 Å². The van der Waals surface area contributed by atoms with Crippen LogP contribution >= 0.6 is 11.6 Å². The quantitative estimate of drug-likeness (QED) is 0.712. The van der Waals surface area contributed by atoms with Gasteiger partial charge in [0.2, 0.25) is 5.43 Å². The number of nitrogens with zero attached hydrogens (tertiary/aromatic N) is 4. The molecule has 0 atom stereocenters. The minimum atomic E-state index is -0.0295. The topological polar surface area (TPSA) is 41.4 Å². The van der Waals surface area contributed by atoms with Crippen molar-refractivity contribution in [3.05, 3.63) is 69.5 Å². The van der Waals surface area contributed by atoms with E-state index in [9.17, 15) is 4.79 Å². The molecule has 4 rings (SSSR count). The van der Waals surface area contributed by atoms with Gasteiger partial charge in [-0.3, -0.25) is 14.4 Å². The normalized spacial score (nSPS) is 15.5. The van der Waals surface area contributed by atoms with Gasteiger partial charge in [-0.15, -0.1) is 0 Å². The Hall–Kier alpha value is -2.37. The molecule has 0 N–H and O–H groups in total. The number of halogens is 1. The smallest absolute Gasteiger partial charge is 0.207 e. The third-order valence-electron chi connectivity index (χ3n) is 4.98. The zero-order valence-corrected chi connectivity index (χ0v) is 15.5. The van der Waals surface area contributed by atoms with Gasteiger partial charge >= 0.3 is 0 Å². The molecule has 0 radical (unpaired) electrons. The van der Waals surface area contributed by atoms with Crippen LogP contribution in [0.4, 0.5) is 5.69 Å². The van der Waals surface area contributed by atoms with Crippen LogP contribution in [0.3, 0.4) is 0 Å². The number of fused-ring (bicyclic) bond motifs is 1. The van der Waals surface area contributed by atoms with Gasteiger partial charge < -0.3 is 4.90 Å². The lowest BCUT2D eigenvalue weighted by atomic mass is 10.1. The predicted molar refractivity (Wildman–Crippen MR) is 106 cm³/mol. The molecular formula is C20H21ClN4O. The van der Waals surface area contributed by atoms with Crippen LogP contribution in [0.5, 0.6) is 0 Å². The van der Waals surface area contributed by atoms with Crippen LogP contribution in [0.25, 0.3) is 10.9 Å². The summed E-state index contributed by atoms with van der Waals surface area (Å²) in [6.07, 6.45) is 1.41. The molecule has 2 heterocycles. The average molecular weight is 369 g/mol. The Morgan fingerprint density at radius 2 is 1.85 bits per heavy atom. The molecule has 2 aromatic carbocycles. The summed E-state index contributed by atoms with van der Waals surface area (Å²) in [5, 5.41) is 5.83. The second-order valence-corrected chi connectivity index (χ2v) is 7.14. The van der Waals surface area contributed by atoms with E-state index in [0.29, 0.717) is 6.67 Å². The van der Waals surface area contributed by atoms with Crippen LogP contribution in [0.15, 0.2) is 53.5 Å². The van der Waals surface area contributed by atoms with Crippen LogP contribution in [0, 0.1) is 6.92 Å². The van der Waals surface area contributed by atoms with E-state index < -0.39 is 0 Å². The van der Waals surface area contributed by atoms with Gasteiger partial charge in [0.1, 0.15) is 0 Å². The Morgan fingerprint density at radius 1 is 1.08 bits per heavy atom. The van der Waals surface area contributed by atoms with Crippen molar-refractivity contribution in [3.8, 4) is 0 Å². The van der Waals surface area contributed by atoms with Crippen LogP contribution in [-0.2, 0) is 6.67 Å². The lowest BCUT2D eigenvalue weighted by Gasteiger charge is -2.37. The van der Waals surface area contributed by atoms with E-state index >= 15 is 0 Å². The molecule has 5 nitrogen and oxygen atoms in total. The minimum Gasteiger partial charge on any atom is -0.369 e. The van der Waals surface area contributed by atoms with Crippen molar-refractivity contribution in [2.75, 3.05) is 31.1 Å². The van der Waals surface area contributed by atoms with Crippen molar-refractivity contribution in [1.29, 1.82) is 0 Å². The fourth-order valence-corrected chi connectivity index (χ4v) is 3.68. The monoisotopic (exact) mass is 368 g/mol. The summed E-state index contributed by atoms with van der Waals surface area (Å²) in [5.41, 5.74) is 3.31. The number of aryl methyl sites for hydroxylation is 1. The first kappa shape index (κ1) is 17.1. The molecule has 1 aliphatic heterocycles. The van der Waals surface area contributed by atoms with Crippen LogP contribution in [-0.4, -0.2) is 40.9 Å². The molecule has 26 heavy (non-hydrogen) atoms. The number of anilines is 1. The van der Waals surface area contributed by atoms with Gasteiger partial charge in [0.05, 0.1) is 18.4 Å². The van der Waals surface area contributed by atoms with Gasteiger partial charge in [-0.05, 0) is 36.8 Å². The minimum absolute atomic E-state index is 0.0295. The molecule has 0 amide bonds. The number of piperazine rings is 1. The maximum Gasteiger partial charge on any atom is 0.207 e. The van der Waals surface area contributed by atoms with Crippen molar-refractivity contribution >= 4 is 28.2 Å². The summed E-state index contributed by atoms with van der Waals surface area (Å²) in [7, 11) is 0. The lowest BCUT2D eigenvalue weighted by Crippen LogP contribution is -2.47. The SMILES string of the molecule is Cc1ccc(Cl)cc1N1CCN(Cn2ncc(=O)c3ccccc32)CC1. The fourth-order valence-electron chi connectivity index (χ4n) is 3.52. The second-order valence-electron chi connectivity index (χ2n) is 6.70. The molecule has 0 bridgehead atoms. The summed E-state index contributed by atoms with van der Waals surface area (Å²) >= 11 is 6.17. The molecule has 0 aliphatic carbocycles. The highest BCUT2D eigenvalue weighted by Gasteiger charge is 2.19. The average Bonchev–Trinajstić information content (AvgIpc) is 2.67. The van der Waals surface area contributed by atoms with Crippen molar-refractivity contribution in [3.63, 3.8) is 0 Å². The molecule has 1 aliphatic rings. The van der Waals surface area contributed by atoms with Crippen molar-refractivity contribution in [1.82, 2.24) is 14.7 Å². The summed E-state index contributed by atoms with van der Waals surface area (Å²) < 4.78 is 1.91. The molecule has 134 valence electrons. The van der Waals surface area contributed by atoms with Gasteiger partial charge in [-0.1, -0.05) is 29.8 Å². The Balaban J connectivity index is 1.49. The number of aromatic nitrogens is 2. The molecular weight excluding hydrogens is 348 g/mol. The van der Waals surface area contributed by atoms with E-state index in [1.807, 2.05) is 41.1 Å².